The van der Waals surface area contributed by atoms with E-state index >= 15 is 0 Å². The van der Waals surface area contributed by atoms with Gasteiger partial charge in [0.15, 0.2) is 0 Å². The largest absolute Gasteiger partial charge is 0.352 e. The standard InChI is InChI=1S/C18H28N4O3.ClH/c1-11(2)20-15(23)10-22-13(4)17(12(3)8-16(22)24)18(25)21-14-6-5-7-19-9-14;/h8,11,14,19H,5-7,9-10H2,1-4H3,(H,20,23)(H,21,25);1H. The third kappa shape index (κ3) is 5.57. The molecule has 26 heavy (non-hydrogen) atoms. The van der Waals surface area contributed by atoms with Gasteiger partial charge in [-0.2, -0.15) is 0 Å². The Morgan fingerprint density at radius 3 is 2.62 bits per heavy atom. The minimum absolute atomic E-state index is 0. The van der Waals surface area contributed by atoms with Crippen molar-refractivity contribution >= 4 is 24.2 Å². The summed E-state index contributed by atoms with van der Waals surface area (Å²) in [5.74, 6) is -0.436. The molecule has 0 aliphatic carbocycles. The molecule has 1 aliphatic heterocycles. The monoisotopic (exact) mass is 384 g/mol. The highest BCUT2D eigenvalue weighted by atomic mass is 35.5. The van der Waals surface area contributed by atoms with Gasteiger partial charge in [-0.05, 0) is 52.6 Å². The van der Waals surface area contributed by atoms with Crippen LogP contribution < -0.4 is 21.5 Å². The number of pyridine rings is 1. The van der Waals surface area contributed by atoms with E-state index in [2.05, 4.69) is 16.0 Å². The van der Waals surface area contributed by atoms with Gasteiger partial charge in [-0.1, -0.05) is 0 Å². The van der Waals surface area contributed by atoms with Crippen LogP contribution in [0.1, 0.15) is 48.3 Å². The van der Waals surface area contributed by atoms with Crippen LogP contribution in [0, 0.1) is 13.8 Å². The fourth-order valence-electron chi connectivity index (χ4n) is 3.20. The highest BCUT2D eigenvalue weighted by Gasteiger charge is 2.21. The van der Waals surface area contributed by atoms with Gasteiger partial charge in [0.25, 0.3) is 11.5 Å². The molecule has 1 aromatic rings. The molecule has 1 aliphatic rings. The van der Waals surface area contributed by atoms with Crippen molar-refractivity contribution in [1.82, 2.24) is 20.5 Å². The van der Waals surface area contributed by atoms with E-state index in [1.165, 1.54) is 10.6 Å². The molecule has 1 aromatic heterocycles. The Morgan fingerprint density at radius 1 is 1.35 bits per heavy atom. The number of carbonyl (C=O) groups is 2. The van der Waals surface area contributed by atoms with Gasteiger partial charge in [0, 0.05) is 30.4 Å². The number of nitrogens with zero attached hydrogens (tertiary/aromatic N) is 1. The second kappa shape index (κ2) is 9.73. The van der Waals surface area contributed by atoms with Crippen LogP contribution in [0.15, 0.2) is 10.9 Å². The number of halogens is 1. The maximum absolute atomic E-state index is 12.7. The van der Waals surface area contributed by atoms with E-state index in [1.807, 2.05) is 13.8 Å². The van der Waals surface area contributed by atoms with Crippen LogP contribution in [0.5, 0.6) is 0 Å². The summed E-state index contributed by atoms with van der Waals surface area (Å²) in [6, 6.07) is 1.50. The zero-order valence-electron chi connectivity index (χ0n) is 15.8. The molecular weight excluding hydrogens is 356 g/mol. The third-order valence-corrected chi connectivity index (χ3v) is 4.38. The van der Waals surface area contributed by atoms with Crippen LogP contribution in [-0.2, 0) is 11.3 Å². The molecule has 0 aromatic carbocycles. The van der Waals surface area contributed by atoms with E-state index in [-0.39, 0.29) is 48.4 Å². The molecular formula is C18H29ClN4O3. The maximum atomic E-state index is 12.7. The fourth-order valence-corrected chi connectivity index (χ4v) is 3.20. The highest BCUT2D eigenvalue weighted by Crippen LogP contribution is 2.13. The topological polar surface area (TPSA) is 92.2 Å². The summed E-state index contributed by atoms with van der Waals surface area (Å²) in [5.41, 5.74) is 1.35. The van der Waals surface area contributed by atoms with E-state index in [4.69, 9.17) is 0 Å². The molecule has 0 radical (unpaired) electrons. The smallest absolute Gasteiger partial charge is 0.253 e. The molecule has 1 unspecified atom stereocenters. The molecule has 2 amide bonds. The van der Waals surface area contributed by atoms with Crippen molar-refractivity contribution in [2.45, 2.75) is 59.2 Å². The van der Waals surface area contributed by atoms with Gasteiger partial charge in [-0.25, -0.2) is 0 Å². The van der Waals surface area contributed by atoms with Crippen LogP contribution in [0.4, 0.5) is 0 Å². The van der Waals surface area contributed by atoms with Crippen molar-refractivity contribution < 1.29 is 9.59 Å². The first-order chi connectivity index (χ1) is 11.8. The Hall–Kier alpha value is -1.86. The summed E-state index contributed by atoms with van der Waals surface area (Å²) in [6.07, 6.45) is 1.96. The molecule has 1 saturated heterocycles. The predicted molar refractivity (Wildman–Crippen MR) is 104 cm³/mol. The van der Waals surface area contributed by atoms with Crippen LogP contribution in [0.2, 0.25) is 0 Å². The first-order valence-corrected chi connectivity index (χ1v) is 8.81. The normalized spacial score (nSPS) is 16.7. The van der Waals surface area contributed by atoms with Crippen molar-refractivity contribution in [3.8, 4) is 0 Å². The Bertz CT molecular complexity index is 709. The molecule has 0 spiro atoms. The van der Waals surface area contributed by atoms with E-state index in [9.17, 15) is 14.4 Å². The molecule has 0 bridgehead atoms. The third-order valence-electron chi connectivity index (χ3n) is 4.38. The zero-order chi connectivity index (χ0) is 18.6. The Morgan fingerprint density at radius 2 is 2.04 bits per heavy atom. The fraction of sp³-hybridized carbons (Fsp3) is 0.611. The van der Waals surface area contributed by atoms with Gasteiger partial charge in [-0.15, -0.1) is 12.4 Å². The van der Waals surface area contributed by atoms with Crippen LogP contribution in [0.25, 0.3) is 0 Å². The van der Waals surface area contributed by atoms with Crippen molar-refractivity contribution in [3.05, 3.63) is 33.2 Å². The summed E-state index contributed by atoms with van der Waals surface area (Å²) in [6.45, 7) is 8.82. The molecule has 2 heterocycles. The van der Waals surface area contributed by atoms with Crippen molar-refractivity contribution in [2.24, 2.45) is 0 Å². The summed E-state index contributed by atoms with van der Waals surface area (Å²) >= 11 is 0. The van der Waals surface area contributed by atoms with Crippen molar-refractivity contribution in [1.29, 1.82) is 0 Å². The average Bonchev–Trinajstić information content (AvgIpc) is 2.51. The van der Waals surface area contributed by atoms with Gasteiger partial charge in [0.05, 0.1) is 5.56 Å². The van der Waals surface area contributed by atoms with Crippen LogP contribution in [0.3, 0.4) is 0 Å². The van der Waals surface area contributed by atoms with E-state index in [0.29, 0.717) is 16.8 Å². The number of piperidine rings is 1. The van der Waals surface area contributed by atoms with Crippen molar-refractivity contribution in [2.75, 3.05) is 13.1 Å². The van der Waals surface area contributed by atoms with E-state index in [0.717, 1.165) is 25.9 Å². The second-order valence-corrected chi connectivity index (χ2v) is 6.95. The number of hydrogen-bond donors (Lipinski definition) is 3. The van der Waals surface area contributed by atoms with Crippen LogP contribution >= 0.6 is 12.4 Å². The lowest BCUT2D eigenvalue weighted by molar-refractivity contribution is -0.122. The first-order valence-electron chi connectivity index (χ1n) is 8.81. The zero-order valence-corrected chi connectivity index (χ0v) is 16.7. The molecule has 7 nitrogen and oxygen atoms in total. The number of aromatic nitrogens is 1. The Kier molecular flexibility index (Phi) is 8.30. The van der Waals surface area contributed by atoms with Gasteiger partial charge < -0.3 is 20.5 Å². The van der Waals surface area contributed by atoms with Gasteiger partial charge in [-0.3, -0.25) is 14.4 Å². The summed E-state index contributed by atoms with van der Waals surface area (Å²) in [4.78, 5) is 37.0. The van der Waals surface area contributed by atoms with Crippen LogP contribution in [-0.4, -0.2) is 41.6 Å². The molecule has 146 valence electrons. The summed E-state index contributed by atoms with van der Waals surface area (Å²) in [7, 11) is 0. The summed E-state index contributed by atoms with van der Waals surface area (Å²) < 4.78 is 1.36. The quantitative estimate of drug-likeness (QED) is 0.703. The first kappa shape index (κ1) is 22.2. The number of hydrogen-bond acceptors (Lipinski definition) is 4. The van der Waals surface area contributed by atoms with E-state index in [1.54, 1.807) is 13.8 Å². The minimum atomic E-state index is -0.273. The van der Waals surface area contributed by atoms with Gasteiger partial charge in [0.1, 0.15) is 6.54 Å². The number of aryl methyl sites for hydroxylation is 1. The Balaban J connectivity index is 0.00000338. The number of rotatable bonds is 5. The van der Waals surface area contributed by atoms with E-state index < -0.39 is 0 Å². The number of nitrogens with one attached hydrogen (secondary N) is 3. The van der Waals surface area contributed by atoms with Gasteiger partial charge in [0.2, 0.25) is 5.91 Å². The maximum Gasteiger partial charge on any atom is 0.253 e. The highest BCUT2D eigenvalue weighted by molar-refractivity contribution is 5.97. The minimum Gasteiger partial charge on any atom is -0.352 e. The number of carbonyl (C=O) groups excluding carboxylic acids is 2. The molecule has 1 fully saturated rings. The lowest BCUT2D eigenvalue weighted by Crippen LogP contribution is -2.46. The molecule has 2 rings (SSSR count). The SMILES string of the molecule is Cc1cc(=O)n(CC(=O)NC(C)C)c(C)c1C(=O)NC1CCCNC1.Cl. The molecule has 1 atom stereocenters. The molecule has 0 saturated carbocycles. The second-order valence-electron chi connectivity index (χ2n) is 6.95. The Labute approximate surface area is 160 Å². The summed E-state index contributed by atoms with van der Waals surface area (Å²) in [5, 5.41) is 9.06. The lowest BCUT2D eigenvalue weighted by Gasteiger charge is -2.25. The predicted octanol–water partition coefficient (Wildman–Crippen LogP) is 0.893. The van der Waals surface area contributed by atoms with Crippen molar-refractivity contribution in [3.63, 3.8) is 0 Å². The molecule has 3 N–H and O–H groups in total. The van der Waals surface area contributed by atoms with Gasteiger partial charge >= 0.3 is 0 Å². The number of amides is 2. The lowest BCUT2D eigenvalue weighted by atomic mass is 10.0. The average molecular weight is 385 g/mol. The molecule has 8 heteroatoms.